The second-order valence-corrected chi connectivity index (χ2v) is 4.09. The molecule has 0 spiro atoms. The molecule has 0 heterocycles. The fourth-order valence-corrected chi connectivity index (χ4v) is 1.01. The van der Waals surface area contributed by atoms with Gasteiger partial charge in [0, 0.05) is 0 Å². The number of carbonyl (C=O) groups is 3. The molecule has 0 saturated heterocycles. The van der Waals surface area contributed by atoms with Crippen LogP contribution in [0.2, 0.25) is 0 Å². The number of hydrogen-bond acceptors (Lipinski definition) is 4. The minimum Gasteiger partial charge on any atom is -0.345 e. The molecule has 17 heavy (non-hydrogen) atoms. The van der Waals surface area contributed by atoms with Crippen LogP contribution in [0.5, 0.6) is 0 Å². The number of nitrogens with one attached hydrogen (secondary N) is 2. The van der Waals surface area contributed by atoms with E-state index in [4.69, 9.17) is 5.73 Å². The molecule has 0 fully saturated rings. The first-order valence-corrected chi connectivity index (χ1v) is 5.66. The number of amides is 2. The Morgan fingerprint density at radius 3 is 1.94 bits per heavy atom. The molecule has 0 aromatic carbocycles. The van der Waals surface area contributed by atoms with E-state index in [0.717, 1.165) is 0 Å². The maximum Gasteiger partial charge on any atom is 0.242 e. The molecular weight excluding hydrogens is 222 g/mol. The summed E-state index contributed by atoms with van der Waals surface area (Å²) >= 11 is 0. The van der Waals surface area contributed by atoms with Crippen molar-refractivity contribution in [3.63, 3.8) is 0 Å². The molecule has 0 rings (SSSR count). The van der Waals surface area contributed by atoms with Crippen molar-refractivity contribution >= 4 is 17.6 Å². The van der Waals surface area contributed by atoms with Gasteiger partial charge in [0.25, 0.3) is 0 Å². The lowest BCUT2D eigenvalue weighted by Gasteiger charge is -2.18. The molecular formula is C11H21N3O3. The van der Waals surface area contributed by atoms with Crippen LogP contribution in [0.3, 0.4) is 0 Å². The summed E-state index contributed by atoms with van der Waals surface area (Å²) in [5, 5.41) is 4.98. The van der Waals surface area contributed by atoms with Gasteiger partial charge in [0.1, 0.15) is 6.04 Å². The van der Waals surface area contributed by atoms with E-state index in [1.807, 2.05) is 0 Å². The van der Waals surface area contributed by atoms with Crippen molar-refractivity contribution in [3.8, 4) is 0 Å². The molecule has 0 aromatic heterocycles. The first-order chi connectivity index (χ1) is 7.79. The van der Waals surface area contributed by atoms with Gasteiger partial charge in [0.15, 0.2) is 5.78 Å². The number of hydrogen-bond donors (Lipinski definition) is 3. The van der Waals surface area contributed by atoms with E-state index in [1.165, 1.54) is 6.92 Å². The summed E-state index contributed by atoms with van der Waals surface area (Å²) < 4.78 is 0. The molecule has 6 heteroatoms. The Hall–Kier alpha value is -1.43. The Morgan fingerprint density at radius 1 is 1.06 bits per heavy atom. The van der Waals surface area contributed by atoms with Crippen molar-refractivity contribution in [2.45, 2.75) is 52.2 Å². The van der Waals surface area contributed by atoms with E-state index >= 15 is 0 Å². The predicted octanol–water partition coefficient (Wildman–Crippen LogP) is -0.678. The molecule has 3 atom stereocenters. The highest BCUT2D eigenvalue weighted by Gasteiger charge is 2.20. The summed E-state index contributed by atoms with van der Waals surface area (Å²) in [7, 11) is 0. The molecule has 98 valence electrons. The number of nitrogens with two attached hydrogens (primary N) is 1. The van der Waals surface area contributed by atoms with E-state index in [2.05, 4.69) is 10.6 Å². The van der Waals surface area contributed by atoms with Crippen molar-refractivity contribution in [1.29, 1.82) is 0 Å². The minimum absolute atomic E-state index is 0.137. The highest BCUT2D eigenvalue weighted by Crippen LogP contribution is 1.91. The van der Waals surface area contributed by atoms with Gasteiger partial charge >= 0.3 is 0 Å². The maximum atomic E-state index is 11.6. The molecule has 2 amide bonds. The van der Waals surface area contributed by atoms with E-state index < -0.39 is 24.0 Å². The number of Topliss-reactive ketones (excluding diaryl/α,β-unsaturated/α-hetero) is 1. The van der Waals surface area contributed by atoms with Crippen LogP contribution in [0.15, 0.2) is 0 Å². The molecule has 0 radical (unpaired) electrons. The Morgan fingerprint density at radius 2 is 1.53 bits per heavy atom. The van der Waals surface area contributed by atoms with E-state index in [-0.39, 0.29) is 11.7 Å². The van der Waals surface area contributed by atoms with Gasteiger partial charge < -0.3 is 16.4 Å². The Balaban J connectivity index is 4.23. The van der Waals surface area contributed by atoms with E-state index in [0.29, 0.717) is 6.42 Å². The van der Waals surface area contributed by atoms with Gasteiger partial charge in [0.05, 0.1) is 12.1 Å². The number of rotatable bonds is 6. The van der Waals surface area contributed by atoms with Crippen LogP contribution in [0, 0.1) is 0 Å². The second kappa shape index (κ2) is 7.01. The Labute approximate surface area is 101 Å². The normalized spacial score (nSPS) is 15.6. The SMILES string of the molecule is CCC(N)C(=O)NC(C)C(=O)N[C@@H](C)C(C)=O. The average Bonchev–Trinajstić information content (AvgIpc) is 2.27. The molecule has 0 aromatic rings. The Kier molecular flexibility index (Phi) is 6.42. The zero-order valence-electron chi connectivity index (χ0n) is 10.7. The lowest BCUT2D eigenvalue weighted by atomic mass is 10.2. The maximum absolute atomic E-state index is 11.6. The molecule has 0 saturated carbocycles. The fourth-order valence-electron chi connectivity index (χ4n) is 1.01. The highest BCUT2D eigenvalue weighted by atomic mass is 16.2. The van der Waals surface area contributed by atoms with Crippen molar-refractivity contribution in [2.75, 3.05) is 0 Å². The Bertz CT molecular complexity index is 304. The third-order valence-electron chi connectivity index (χ3n) is 2.50. The van der Waals surface area contributed by atoms with Crippen LogP contribution in [0.25, 0.3) is 0 Å². The first kappa shape index (κ1) is 15.6. The van der Waals surface area contributed by atoms with Gasteiger partial charge in [-0.05, 0) is 27.2 Å². The monoisotopic (exact) mass is 243 g/mol. The largest absolute Gasteiger partial charge is 0.345 e. The van der Waals surface area contributed by atoms with Crippen LogP contribution in [-0.4, -0.2) is 35.7 Å². The smallest absolute Gasteiger partial charge is 0.242 e. The van der Waals surface area contributed by atoms with Crippen LogP contribution in [0.4, 0.5) is 0 Å². The van der Waals surface area contributed by atoms with Crippen molar-refractivity contribution in [1.82, 2.24) is 10.6 Å². The molecule has 0 aliphatic rings. The van der Waals surface area contributed by atoms with Gasteiger partial charge in [-0.2, -0.15) is 0 Å². The predicted molar refractivity (Wildman–Crippen MR) is 64.2 cm³/mol. The second-order valence-electron chi connectivity index (χ2n) is 4.09. The first-order valence-electron chi connectivity index (χ1n) is 5.66. The van der Waals surface area contributed by atoms with Crippen LogP contribution in [0.1, 0.15) is 34.1 Å². The van der Waals surface area contributed by atoms with Crippen molar-refractivity contribution in [3.05, 3.63) is 0 Å². The molecule has 0 bridgehead atoms. The highest BCUT2D eigenvalue weighted by molar-refractivity contribution is 5.92. The standard InChI is InChI=1S/C11H21N3O3/c1-5-9(12)11(17)14-7(3)10(16)13-6(2)8(4)15/h6-7,9H,5,12H2,1-4H3,(H,13,16)(H,14,17)/t6-,7?,9?/m0/s1. The summed E-state index contributed by atoms with van der Waals surface area (Å²) in [5.41, 5.74) is 5.52. The third-order valence-corrected chi connectivity index (χ3v) is 2.50. The fraction of sp³-hybridized carbons (Fsp3) is 0.727. The zero-order valence-corrected chi connectivity index (χ0v) is 10.7. The molecule has 4 N–H and O–H groups in total. The van der Waals surface area contributed by atoms with Gasteiger partial charge in [-0.25, -0.2) is 0 Å². The lowest BCUT2D eigenvalue weighted by molar-refractivity contribution is -0.131. The van der Waals surface area contributed by atoms with Gasteiger partial charge in [0.2, 0.25) is 11.8 Å². The topological polar surface area (TPSA) is 101 Å². The summed E-state index contributed by atoms with van der Waals surface area (Å²) in [6, 6.07) is -1.88. The van der Waals surface area contributed by atoms with Crippen LogP contribution >= 0.6 is 0 Å². The number of ketones is 1. The molecule has 2 unspecified atom stereocenters. The quantitative estimate of drug-likeness (QED) is 0.575. The molecule has 0 aliphatic carbocycles. The summed E-state index contributed by atoms with van der Waals surface area (Å²) in [6.07, 6.45) is 0.504. The van der Waals surface area contributed by atoms with Crippen LogP contribution < -0.4 is 16.4 Å². The van der Waals surface area contributed by atoms with Gasteiger partial charge in [-0.1, -0.05) is 6.92 Å². The van der Waals surface area contributed by atoms with Gasteiger partial charge in [-0.15, -0.1) is 0 Å². The van der Waals surface area contributed by atoms with E-state index in [9.17, 15) is 14.4 Å². The van der Waals surface area contributed by atoms with Crippen molar-refractivity contribution < 1.29 is 14.4 Å². The van der Waals surface area contributed by atoms with E-state index in [1.54, 1.807) is 20.8 Å². The number of carbonyl (C=O) groups excluding carboxylic acids is 3. The lowest BCUT2D eigenvalue weighted by Crippen LogP contribution is -2.52. The third kappa shape index (κ3) is 5.44. The molecule has 0 aliphatic heterocycles. The summed E-state index contributed by atoms with van der Waals surface area (Å²) in [5.74, 6) is -0.905. The van der Waals surface area contributed by atoms with Crippen molar-refractivity contribution in [2.24, 2.45) is 5.73 Å². The summed E-state index contributed by atoms with van der Waals surface area (Å²) in [6.45, 7) is 6.31. The zero-order chi connectivity index (χ0) is 13.6. The van der Waals surface area contributed by atoms with Gasteiger partial charge in [-0.3, -0.25) is 14.4 Å². The minimum atomic E-state index is -0.707. The summed E-state index contributed by atoms with van der Waals surface area (Å²) in [4.78, 5) is 34.0. The van der Waals surface area contributed by atoms with Crippen LogP contribution in [-0.2, 0) is 14.4 Å². The average molecular weight is 243 g/mol. The molecule has 6 nitrogen and oxygen atoms in total.